The summed E-state index contributed by atoms with van der Waals surface area (Å²) in [6.45, 7) is 4.13. The van der Waals surface area contributed by atoms with Gasteiger partial charge in [0, 0.05) is 49.9 Å². The third-order valence-electron chi connectivity index (χ3n) is 4.40. The van der Waals surface area contributed by atoms with Crippen LogP contribution in [0.1, 0.15) is 25.0 Å². The largest absolute Gasteiger partial charge is 0.481 e. The number of benzene rings is 1. The lowest BCUT2D eigenvalue weighted by Gasteiger charge is -2.21. The molecule has 2 heterocycles. The number of ether oxygens (including phenoxy) is 1. The highest BCUT2D eigenvalue weighted by Gasteiger charge is 2.20. The summed E-state index contributed by atoms with van der Waals surface area (Å²) in [4.78, 5) is 25.9. The van der Waals surface area contributed by atoms with Crippen molar-refractivity contribution in [3.63, 3.8) is 0 Å². The van der Waals surface area contributed by atoms with Gasteiger partial charge in [-0.25, -0.2) is 4.79 Å². The molecule has 0 saturated heterocycles. The minimum absolute atomic E-state index is 0.150. The van der Waals surface area contributed by atoms with E-state index in [0.29, 0.717) is 17.9 Å². The van der Waals surface area contributed by atoms with Crippen molar-refractivity contribution in [2.75, 3.05) is 7.05 Å². The standard InChI is InChI=1S/C20H23N3O4/c1-5-15-8-19(24)27-18-9-16(6-7-17(15)18)26-13(2)20(25)22(3)11-14-10-21-23(4)12-14/h6-10,12-13H,5,11H2,1-4H3. The van der Waals surface area contributed by atoms with Gasteiger partial charge in [0.25, 0.3) is 5.91 Å². The number of carbonyl (C=O) groups is 1. The predicted octanol–water partition coefficient (Wildman–Crippen LogP) is 2.51. The van der Waals surface area contributed by atoms with Crippen LogP contribution < -0.4 is 10.4 Å². The van der Waals surface area contributed by atoms with Crippen molar-refractivity contribution in [2.24, 2.45) is 7.05 Å². The Balaban J connectivity index is 1.73. The SMILES string of the molecule is CCc1cc(=O)oc2cc(OC(C)C(=O)N(C)Cc3cnn(C)c3)ccc12. The van der Waals surface area contributed by atoms with Crippen molar-refractivity contribution in [3.8, 4) is 5.75 Å². The van der Waals surface area contributed by atoms with Crippen molar-refractivity contribution in [1.29, 1.82) is 0 Å². The highest BCUT2D eigenvalue weighted by atomic mass is 16.5. The molecule has 0 fully saturated rings. The number of carbonyl (C=O) groups excluding carboxylic acids is 1. The molecule has 27 heavy (non-hydrogen) atoms. The molecule has 7 heteroatoms. The molecule has 7 nitrogen and oxygen atoms in total. The van der Waals surface area contributed by atoms with Crippen LogP contribution in [-0.4, -0.2) is 33.7 Å². The Morgan fingerprint density at radius 1 is 1.37 bits per heavy atom. The van der Waals surface area contributed by atoms with Crippen molar-refractivity contribution >= 4 is 16.9 Å². The van der Waals surface area contributed by atoms with Crippen LogP contribution in [-0.2, 0) is 24.8 Å². The summed E-state index contributed by atoms with van der Waals surface area (Å²) in [5, 5.41) is 4.98. The number of likely N-dealkylation sites (N-methyl/N-ethyl adjacent to an activating group) is 1. The van der Waals surface area contributed by atoms with Gasteiger partial charge < -0.3 is 14.1 Å². The summed E-state index contributed by atoms with van der Waals surface area (Å²) in [6.07, 6.45) is 3.65. The van der Waals surface area contributed by atoms with Gasteiger partial charge in [-0.1, -0.05) is 6.92 Å². The summed E-state index contributed by atoms with van der Waals surface area (Å²) in [5.74, 6) is 0.331. The molecule has 1 unspecified atom stereocenters. The van der Waals surface area contributed by atoms with Crippen LogP contribution in [0.2, 0.25) is 0 Å². The maximum absolute atomic E-state index is 12.6. The number of aryl methyl sites for hydroxylation is 2. The van der Waals surface area contributed by atoms with E-state index >= 15 is 0 Å². The summed E-state index contributed by atoms with van der Waals surface area (Å²) >= 11 is 0. The monoisotopic (exact) mass is 369 g/mol. The Morgan fingerprint density at radius 2 is 2.15 bits per heavy atom. The van der Waals surface area contributed by atoms with Crippen LogP contribution in [0.15, 0.2) is 45.9 Å². The highest BCUT2D eigenvalue weighted by Crippen LogP contribution is 2.24. The van der Waals surface area contributed by atoms with Crippen LogP contribution in [0, 0.1) is 0 Å². The summed E-state index contributed by atoms with van der Waals surface area (Å²) in [7, 11) is 3.56. The third kappa shape index (κ3) is 4.19. The lowest BCUT2D eigenvalue weighted by Crippen LogP contribution is -2.37. The van der Waals surface area contributed by atoms with Gasteiger partial charge in [0.1, 0.15) is 11.3 Å². The summed E-state index contributed by atoms with van der Waals surface area (Å²) in [6, 6.07) is 6.79. The molecule has 0 aliphatic rings. The first kappa shape index (κ1) is 18.7. The Morgan fingerprint density at radius 3 is 2.81 bits per heavy atom. The molecule has 0 radical (unpaired) electrons. The van der Waals surface area contributed by atoms with E-state index in [0.717, 1.165) is 22.9 Å². The number of hydrogen-bond donors (Lipinski definition) is 0. The Hall–Kier alpha value is -3.09. The zero-order valence-electron chi connectivity index (χ0n) is 15.9. The van der Waals surface area contributed by atoms with Gasteiger partial charge in [-0.05, 0) is 31.0 Å². The Bertz CT molecular complexity index is 1020. The van der Waals surface area contributed by atoms with E-state index in [4.69, 9.17) is 9.15 Å². The van der Waals surface area contributed by atoms with E-state index in [-0.39, 0.29) is 5.91 Å². The van der Waals surface area contributed by atoms with Crippen LogP contribution in [0.4, 0.5) is 0 Å². The van der Waals surface area contributed by atoms with Crippen molar-refractivity contribution in [2.45, 2.75) is 32.9 Å². The van der Waals surface area contributed by atoms with Crippen LogP contribution in [0.25, 0.3) is 11.0 Å². The molecule has 1 atom stereocenters. The number of hydrogen-bond acceptors (Lipinski definition) is 5. The fourth-order valence-corrected chi connectivity index (χ4v) is 3.05. The summed E-state index contributed by atoms with van der Waals surface area (Å²) in [5.41, 5.74) is 1.94. The fourth-order valence-electron chi connectivity index (χ4n) is 3.05. The normalized spacial score (nSPS) is 12.1. The van der Waals surface area contributed by atoms with E-state index in [1.807, 2.05) is 26.2 Å². The zero-order valence-corrected chi connectivity index (χ0v) is 15.9. The zero-order chi connectivity index (χ0) is 19.6. The molecule has 0 N–H and O–H groups in total. The van der Waals surface area contributed by atoms with Crippen molar-refractivity contribution in [3.05, 3.63) is 58.2 Å². The van der Waals surface area contributed by atoms with E-state index < -0.39 is 11.7 Å². The first-order valence-corrected chi connectivity index (χ1v) is 8.83. The molecule has 0 bridgehead atoms. The molecule has 2 aromatic heterocycles. The van der Waals surface area contributed by atoms with E-state index in [1.54, 1.807) is 41.9 Å². The summed E-state index contributed by atoms with van der Waals surface area (Å²) < 4.78 is 12.8. The highest BCUT2D eigenvalue weighted by molar-refractivity contribution is 5.83. The van der Waals surface area contributed by atoms with E-state index in [1.165, 1.54) is 6.07 Å². The number of rotatable bonds is 6. The Labute approximate surface area is 157 Å². The topological polar surface area (TPSA) is 77.6 Å². The molecule has 3 aromatic rings. The van der Waals surface area contributed by atoms with Gasteiger partial charge in [0.05, 0.1) is 6.20 Å². The van der Waals surface area contributed by atoms with Crippen LogP contribution in [0.5, 0.6) is 5.75 Å². The first-order valence-electron chi connectivity index (χ1n) is 8.83. The number of aromatic nitrogens is 2. The molecular formula is C20H23N3O4. The van der Waals surface area contributed by atoms with Crippen LogP contribution >= 0.6 is 0 Å². The smallest absolute Gasteiger partial charge is 0.336 e. The molecule has 1 amide bonds. The van der Waals surface area contributed by atoms with Gasteiger partial charge in [-0.2, -0.15) is 5.10 Å². The van der Waals surface area contributed by atoms with Crippen molar-refractivity contribution < 1.29 is 13.9 Å². The van der Waals surface area contributed by atoms with Crippen molar-refractivity contribution in [1.82, 2.24) is 14.7 Å². The average molecular weight is 369 g/mol. The van der Waals surface area contributed by atoms with Gasteiger partial charge in [-0.15, -0.1) is 0 Å². The third-order valence-corrected chi connectivity index (χ3v) is 4.40. The van der Waals surface area contributed by atoms with Crippen LogP contribution in [0.3, 0.4) is 0 Å². The molecule has 0 aliphatic carbocycles. The second-order valence-electron chi connectivity index (χ2n) is 6.58. The second-order valence-corrected chi connectivity index (χ2v) is 6.58. The minimum atomic E-state index is -0.676. The van der Waals surface area contributed by atoms with E-state index in [2.05, 4.69) is 5.10 Å². The lowest BCUT2D eigenvalue weighted by molar-refractivity contribution is -0.137. The minimum Gasteiger partial charge on any atom is -0.481 e. The Kier molecular flexibility index (Phi) is 5.30. The average Bonchev–Trinajstić information content (AvgIpc) is 3.04. The number of amides is 1. The molecule has 0 spiro atoms. The number of fused-ring (bicyclic) bond motifs is 1. The first-order chi connectivity index (χ1) is 12.9. The van der Waals surface area contributed by atoms with Gasteiger partial charge in [-0.3, -0.25) is 9.48 Å². The fraction of sp³-hybridized carbons (Fsp3) is 0.350. The molecule has 1 aromatic carbocycles. The molecule has 3 rings (SSSR count). The molecule has 142 valence electrons. The second kappa shape index (κ2) is 7.65. The predicted molar refractivity (Wildman–Crippen MR) is 102 cm³/mol. The lowest BCUT2D eigenvalue weighted by atomic mass is 10.1. The quantitative estimate of drug-likeness (QED) is 0.624. The molecular weight excluding hydrogens is 346 g/mol. The maximum atomic E-state index is 12.6. The van der Waals surface area contributed by atoms with Gasteiger partial charge >= 0.3 is 5.63 Å². The van der Waals surface area contributed by atoms with E-state index in [9.17, 15) is 9.59 Å². The molecule has 0 aliphatic heterocycles. The van der Waals surface area contributed by atoms with Gasteiger partial charge in [0.2, 0.25) is 0 Å². The number of nitrogens with zero attached hydrogens (tertiary/aromatic N) is 3. The van der Waals surface area contributed by atoms with Gasteiger partial charge in [0.15, 0.2) is 6.10 Å². The molecule has 0 saturated carbocycles. The maximum Gasteiger partial charge on any atom is 0.336 e.